The Morgan fingerprint density at radius 2 is 2.24 bits per heavy atom. The molecule has 0 bridgehead atoms. The second-order valence-electron chi connectivity index (χ2n) is 3.87. The van der Waals surface area contributed by atoms with Gasteiger partial charge in [0, 0.05) is 18.8 Å². The number of amides is 1. The Hall–Kier alpha value is -1.29. The van der Waals surface area contributed by atoms with Gasteiger partial charge in [-0.05, 0) is 26.3 Å². The van der Waals surface area contributed by atoms with Gasteiger partial charge in [0.05, 0.1) is 10.6 Å². The fraction of sp³-hybridized carbons (Fsp3) is 0.500. The summed E-state index contributed by atoms with van der Waals surface area (Å²) in [7, 11) is 0. The molecule has 0 fully saturated rings. The van der Waals surface area contributed by atoms with Gasteiger partial charge in [-0.2, -0.15) is 0 Å². The van der Waals surface area contributed by atoms with Gasteiger partial charge in [0.25, 0.3) is 5.91 Å². The first-order valence-corrected chi connectivity index (χ1v) is 6.16. The van der Waals surface area contributed by atoms with E-state index in [0.717, 1.165) is 13.0 Å². The van der Waals surface area contributed by atoms with E-state index in [-0.39, 0.29) is 11.9 Å². The summed E-state index contributed by atoms with van der Waals surface area (Å²) in [6.45, 7) is 6.68. The highest BCUT2D eigenvalue weighted by atomic mass is 35.5. The predicted molar refractivity (Wildman–Crippen MR) is 70.6 cm³/mol. The molecule has 0 aliphatic carbocycles. The summed E-state index contributed by atoms with van der Waals surface area (Å²) >= 11 is 6.02. The minimum absolute atomic E-state index is 0.142. The Morgan fingerprint density at radius 1 is 1.53 bits per heavy atom. The van der Waals surface area contributed by atoms with Gasteiger partial charge in [-0.15, -0.1) is 0 Å². The highest BCUT2D eigenvalue weighted by Crippen LogP contribution is 2.19. The summed E-state index contributed by atoms with van der Waals surface area (Å²) in [5.74, 6) is 0.464. The average molecular weight is 256 g/mol. The van der Waals surface area contributed by atoms with Crippen LogP contribution in [0.25, 0.3) is 0 Å². The number of pyridine rings is 1. The Morgan fingerprint density at radius 3 is 2.76 bits per heavy atom. The lowest BCUT2D eigenvalue weighted by Crippen LogP contribution is -2.32. The van der Waals surface area contributed by atoms with Crippen molar-refractivity contribution in [3.05, 3.63) is 22.8 Å². The maximum atomic E-state index is 11.8. The molecule has 0 saturated carbocycles. The van der Waals surface area contributed by atoms with Crippen LogP contribution in [-0.2, 0) is 0 Å². The Balaban J connectivity index is 2.79. The lowest BCUT2D eigenvalue weighted by atomic mass is 10.2. The molecule has 1 amide bonds. The van der Waals surface area contributed by atoms with Gasteiger partial charge in [-0.25, -0.2) is 4.98 Å². The average Bonchev–Trinajstić information content (AvgIpc) is 2.31. The maximum absolute atomic E-state index is 11.8. The van der Waals surface area contributed by atoms with E-state index in [1.165, 1.54) is 6.20 Å². The molecule has 0 aliphatic heterocycles. The molecule has 1 aromatic rings. The van der Waals surface area contributed by atoms with Crippen molar-refractivity contribution in [1.29, 1.82) is 0 Å². The minimum atomic E-state index is -0.142. The molecule has 0 saturated heterocycles. The van der Waals surface area contributed by atoms with E-state index in [1.54, 1.807) is 6.07 Å². The predicted octanol–water partition coefficient (Wildman–Crippen LogP) is 2.70. The van der Waals surface area contributed by atoms with Crippen LogP contribution in [0, 0.1) is 0 Å². The molecule has 1 atom stereocenters. The molecule has 0 aromatic carbocycles. The topological polar surface area (TPSA) is 54.0 Å². The number of carbonyl (C=O) groups excluding carboxylic acids is 1. The van der Waals surface area contributed by atoms with Crippen LogP contribution in [0.5, 0.6) is 0 Å². The van der Waals surface area contributed by atoms with Crippen LogP contribution in [0.1, 0.15) is 37.6 Å². The number of carbonyl (C=O) groups is 1. The third kappa shape index (κ3) is 3.89. The monoisotopic (exact) mass is 255 g/mol. The zero-order valence-electron chi connectivity index (χ0n) is 10.4. The summed E-state index contributed by atoms with van der Waals surface area (Å²) in [5.41, 5.74) is 0.483. The van der Waals surface area contributed by atoms with Gasteiger partial charge in [-0.3, -0.25) is 4.79 Å². The van der Waals surface area contributed by atoms with Crippen molar-refractivity contribution in [2.24, 2.45) is 0 Å². The van der Waals surface area contributed by atoms with Gasteiger partial charge in [0.2, 0.25) is 0 Å². The van der Waals surface area contributed by atoms with Crippen molar-refractivity contribution in [3.8, 4) is 0 Å². The second-order valence-corrected chi connectivity index (χ2v) is 4.27. The van der Waals surface area contributed by atoms with Crippen molar-refractivity contribution >= 4 is 23.3 Å². The van der Waals surface area contributed by atoms with E-state index >= 15 is 0 Å². The lowest BCUT2D eigenvalue weighted by molar-refractivity contribution is 0.0939. The fourth-order valence-electron chi connectivity index (χ4n) is 1.27. The first-order valence-electron chi connectivity index (χ1n) is 5.78. The molecule has 94 valence electrons. The normalized spacial score (nSPS) is 12.0. The fourth-order valence-corrected chi connectivity index (χ4v) is 1.50. The van der Waals surface area contributed by atoms with Gasteiger partial charge in [0.15, 0.2) is 0 Å². The quantitative estimate of drug-likeness (QED) is 0.851. The number of rotatable bonds is 5. The summed E-state index contributed by atoms with van der Waals surface area (Å²) in [4.78, 5) is 15.9. The summed E-state index contributed by atoms with van der Waals surface area (Å²) in [6, 6.07) is 1.78. The maximum Gasteiger partial charge on any atom is 0.253 e. The molecule has 1 rings (SSSR count). The van der Waals surface area contributed by atoms with Gasteiger partial charge in [0.1, 0.15) is 5.82 Å². The number of hydrogen-bond acceptors (Lipinski definition) is 3. The molecule has 0 aliphatic rings. The smallest absolute Gasteiger partial charge is 0.253 e. The Bertz CT molecular complexity index is 395. The second kappa shape index (κ2) is 6.45. The van der Waals surface area contributed by atoms with Crippen LogP contribution in [0.3, 0.4) is 0 Å². The molecule has 4 nitrogen and oxygen atoms in total. The highest BCUT2D eigenvalue weighted by Gasteiger charge is 2.11. The van der Waals surface area contributed by atoms with Crippen LogP contribution in [0.4, 0.5) is 5.82 Å². The van der Waals surface area contributed by atoms with Crippen molar-refractivity contribution < 1.29 is 4.79 Å². The minimum Gasteiger partial charge on any atom is -0.369 e. The number of aromatic nitrogens is 1. The van der Waals surface area contributed by atoms with E-state index in [0.29, 0.717) is 16.4 Å². The summed E-state index contributed by atoms with van der Waals surface area (Å²) in [6.07, 6.45) is 2.42. The first-order chi connectivity index (χ1) is 8.08. The molecule has 2 N–H and O–H groups in total. The molecule has 0 spiro atoms. The van der Waals surface area contributed by atoms with Crippen molar-refractivity contribution in [1.82, 2.24) is 10.3 Å². The number of nitrogens with one attached hydrogen (secondary N) is 2. The van der Waals surface area contributed by atoms with Gasteiger partial charge >= 0.3 is 0 Å². The van der Waals surface area contributed by atoms with Gasteiger partial charge in [-0.1, -0.05) is 18.5 Å². The first kappa shape index (κ1) is 13.8. The highest BCUT2D eigenvalue weighted by molar-refractivity contribution is 6.33. The van der Waals surface area contributed by atoms with E-state index in [2.05, 4.69) is 15.6 Å². The lowest BCUT2D eigenvalue weighted by Gasteiger charge is -2.12. The van der Waals surface area contributed by atoms with Crippen LogP contribution in [0.2, 0.25) is 5.02 Å². The summed E-state index contributed by atoms with van der Waals surface area (Å²) < 4.78 is 0. The Labute approximate surface area is 107 Å². The molecular weight excluding hydrogens is 238 g/mol. The van der Waals surface area contributed by atoms with Crippen LogP contribution in [0.15, 0.2) is 12.3 Å². The SMILES string of the molecule is CCNc1ncc(C(=O)NC(C)CC)cc1Cl. The van der Waals surface area contributed by atoms with Crippen LogP contribution < -0.4 is 10.6 Å². The number of anilines is 1. The van der Waals surface area contributed by atoms with E-state index < -0.39 is 0 Å². The summed E-state index contributed by atoms with van der Waals surface area (Å²) in [5, 5.41) is 6.35. The molecule has 0 radical (unpaired) electrons. The number of hydrogen-bond donors (Lipinski definition) is 2. The Kier molecular flexibility index (Phi) is 5.22. The van der Waals surface area contributed by atoms with Crippen molar-refractivity contribution in [2.45, 2.75) is 33.2 Å². The van der Waals surface area contributed by atoms with E-state index in [1.807, 2.05) is 20.8 Å². The molecular formula is C12H18ClN3O. The standard InChI is InChI=1S/C12H18ClN3O/c1-4-8(3)16-12(17)9-6-10(13)11(14-5-2)15-7-9/h6-8H,4-5H2,1-3H3,(H,14,15)(H,16,17). The van der Waals surface area contributed by atoms with Crippen LogP contribution >= 0.6 is 11.6 Å². The largest absolute Gasteiger partial charge is 0.369 e. The zero-order valence-corrected chi connectivity index (χ0v) is 11.1. The van der Waals surface area contributed by atoms with E-state index in [4.69, 9.17) is 11.6 Å². The van der Waals surface area contributed by atoms with Crippen LogP contribution in [-0.4, -0.2) is 23.5 Å². The third-order valence-corrected chi connectivity index (χ3v) is 2.73. The molecule has 17 heavy (non-hydrogen) atoms. The van der Waals surface area contributed by atoms with Crippen molar-refractivity contribution in [2.75, 3.05) is 11.9 Å². The third-order valence-electron chi connectivity index (χ3n) is 2.44. The number of halogens is 1. The van der Waals surface area contributed by atoms with Gasteiger partial charge < -0.3 is 10.6 Å². The molecule has 5 heteroatoms. The zero-order chi connectivity index (χ0) is 12.8. The number of nitrogens with zero attached hydrogens (tertiary/aromatic N) is 1. The van der Waals surface area contributed by atoms with Crippen molar-refractivity contribution in [3.63, 3.8) is 0 Å². The molecule has 1 unspecified atom stereocenters. The molecule has 1 heterocycles. The van der Waals surface area contributed by atoms with E-state index in [9.17, 15) is 4.79 Å². The molecule has 1 aromatic heterocycles.